The van der Waals surface area contributed by atoms with E-state index in [0.717, 1.165) is 40.0 Å². The zero-order valence-corrected chi connectivity index (χ0v) is 20.8. The van der Waals surface area contributed by atoms with Crippen molar-refractivity contribution in [2.45, 2.75) is 50.4 Å². The van der Waals surface area contributed by atoms with E-state index in [0.29, 0.717) is 24.3 Å². The second-order valence-electron chi connectivity index (χ2n) is 8.99. The monoisotopic (exact) mass is 494 g/mol. The summed E-state index contributed by atoms with van der Waals surface area (Å²) in [5.41, 5.74) is 1.96. The van der Waals surface area contributed by atoms with Crippen molar-refractivity contribution in [3.8, 4) is 28.6 Å². The highest BCUT2D eigenvalue weighted by atomic mass is 32.2. The van der Waals surface area contributed by atoms with Crippen LogP contribution < -0.4 is 19.5 Å². The van der Waals surface area contributed by atoms with E-state index < -0.39 is 0 Å². The maximum atomic E-state index is 12.7. The summed E-state index contributed by atoms with van der Waals surface area (Å²) in [6, 6.07) is 13.9. The molecule has 184 valence electrons. The fourth-order valence-electron chi connectivity index (χ4n) is 4.72. The van der Waals surface area contributed by atoms with Gasteiger partial charge in [0, 0.05) is 18.2 Å². The average molecular weight is 495 g/mol. The Kier molecular flexibility index (Phi) is 7.13. The number of hydrogen-bond donors (Lipinski definition) is 1. The Balaban J connectivity index is 1.29. The van der Waals surface area contributed by atoms with Crippen molar-refractivity contribution >= 4 is 17.7 Å². The standard InChI is InChI=1S/C26H30N4O4S/c1-17-5-3-4-6-21(17)30-25(19-8-10-20(32-2)11-9-19)28-29-26(30)35-15-24(31)27-14-18-7-12-22-23(13-18)34-16-33-22/h7-13,17,21H,3-6,14-16H2,1-2H3,(H,27,31)/t17-,21+/m0/s1. The maximum Gasteiger partial charge on any atom is 0.231 e. The Bertz CT molecular complexity index is 1180. The van der Waals surface area contributed by atoms with Gasteiger partial charge < -0.3 is 19.5 Å². The molecule has 1 aliphatic carbocycles. The molecular formula is C26H30N4O4S. The second kappa shape index (κ2) is 10.6. The number of ether oxygens (including phenoxy) is 3. The minimum Gasteiger partial charge on any atom is -0.497 e. The van der Waals surface area contributed by atoms with Gasteiger partial charge >= 0.3 is 0 Å². The van der Waals surface area contributed by atoms with Gasteiger partial charge in [-0.1, -0.05) is 37.6 Å². The van der Waals surface area contributed by atoms with E-state index in [9.17, 15) is 4.79 Å². The number of benzene rings is 2. The first-order valence-corrected chi connectivity index (χ1v) is 13.0. The summed E-state index contributed by atoms with van der Waals surface area (Å²) in [6.07, 6.45) is 4.72. The average Bonchev–Trinajstić information content (AvgIpc) is 3.53. The van der Waals surface area contributed by atoms with Crippen molar-refractivity contribution in [3.05, 3.63) is 48.0 Å². The van der Waals surface area contributed by atoms with Crippen LogP contribution in [-0.4, -0.2) is 40.3 Å². The van der Waals surface area contributed by atoms with Crippen LogP contribution in [0.4, 0.5) is 0 Å². The molecule has 1 aliphatic heterocycles. The third-order valence-electron chi connectivity index (χ3n) is 6.67. The number of carbonyl (C=O) groups is 1. The van der Waals surface area contributed by atoms with Gasteiger partial charge in [0.2, 0.25) is 12.7 Å². The number of nitrogens with zero attached hydrogens (tertiary/aromatic N) is 3. The van der Waals surface area contributed by atoms with Gasteiger partial charge in [-0.15, -0.1) is 10.2 Å². The lowest BCUT2D eigenvalue weighted by molar-refractivity contribution is -0.118. The third kappa shape index (κ3) is 5.24. The zero-order chi connectivity index (χ0) is 24.2. The van der Waals surface area contributed by atoms with Crippen LogP contribution in [0.15, 0.2) is 47.6 Å². The summed E-state index contributed by atoms with van der Waals surface area (Å²) in [5, 5.41) is 12.8. The molecular weight excluding hydrogens is 464 g/mol. The van der Waals surface area contributed by atoms with Crippen LogP contribution in [0.3, 0.4) is 0 Å². The number of hydrogen-bond acceptors (Lipinski definition) is 7. The minimum atomic E-state index is -0.0510. The Morgan fingerprint density at radius 3 is 2.71 bits per heavy atom. The largest absolute Gasteiger partial charge is 0.497 e. The first-order chi connectivity index (χ1) is 17.1. The summed E-state index contributed by atoms with van der Waals surface area (Å²) in [7, 11) is 1.66. The number of carbonyl (C=O) groups excluding carboxylic acids is 1. The molecule has 35 heavy (non-hydrogen) atoms. The first kappa shape index (κ1) is 23.5. The van der Waals surface area contributed by atoms with Gasteiger partial charge in [0.05, 0.1) is 12.9 Å². The zero-order valence-electron chi connectivity index (χ0n) is 20.0. The van der Waals surface area contributed by atoms with Gasteiger partial charge in [-0.25, -0.2) is 0 Å². The van der Waals surface area contributed by atoms with Crippen LogP contribution in [0.2, 0.25) is 0 Å². The van der Waals surface area contributed by atoms with Crippen LogP contribution in [0, 0.1) is 5.92 Å². The number of thioether (sulfide) groups is 1. The van der Waals surface area contributed by atoms with Crippen molar-refractivity contribution < 1.29 is 19.0 Å². The molecule has 1 saturated carbocycles. The number of amides is 1. The van der Waals surface area contributed by atoms with E-state index in [4.69, 9.17) is 14.2 Å². The second-order valence-corrected chi connectivity index (χ2v) is 9.93. The summed E-state index contributed by atoms with van der Waals surface area (Å²) < 4.78 is 18.3. The van der Waals surface area contributed by atoms with Crippen molar-refractivity contribution in [2.24, 2.45) is 5.92 Å². The topological polar surface area (TPSA) is 87.5 Å². The van der Waals surface area contributed by atoms with E-state index in [1.165, 1.54) is 31.0 Å². The summed E-state index contributed by atoms with van der Waals surface area (Å²) in [6.45, 7) is 2.97. The lowest BCUT2D eigenvalue weighted by Gasteiger charge is -2.31. The van der Waals surface area contributed by atoms with E-state index in [-0.39, 0.29) is 18.5 Å². The molecule has 5 rings (SSSR count). The molecule has 1 amide bonds. The van der Waals surface area contributed by atoms with E-state index in [1.54, 1.807) is 7.11 Å². The molecule has 1 N–H and O–H groups in total. The summed E-state index contributed by atoms with van der Waals surface area (Å²) in [4.78, 5) is 12.7. The molecule has 1 fully saturated rings. The number of rotatable bonds is 8. The molecule has 9 heteroatoms. The fourth-order valence-corrected chi connectivity index (χ4v) is 5.55. The van der Waals surface area contributed by atoms with Crippen LogP contribution in [0.1, 0.15) is 44.2 Å². The van der Waals surface area contributed by atoms with Gasteiger partial charge in [-0.3, -0.25) is 9.36 Å². The molecule has 0 saturated heterocycles. The van der Waals surface area contributed by atoms with Crippen LogP contribution in [0.25, 0.3) is 11.4 Å². The molecule has 8 nitrogen and oxygen atoms in total. The Labute approximate surface area is 209 Å². The van der Waals surface area contributed by atoms with Crippen LogP contribution >= 0.6 is 11.8 Å². The van der Waals surface area contributed by atoms with Crippen molar-refractivity contribution in [1.82, 2.24) is 20.1 Å². The lowest BCUT2D eigenvalue weighted by atomic mass is 9.85. The molecule has 0 spiro atoms. The predicted octanol–water partition coefficient (Wildman–Crippen LogP) is 4.84. The predicted molar refractivity (Wildman–Crippen MR) is 134 cm³/mol. The third-order valence-corrected chi connectivity index (χ3v) is 7.61. The molecule has 2 aromatic carbocycles. The molecule has 0 bridgehead atoms. The van der Waals surface area contributed by atoms with Gasteiger partial charge in [0.25, 0.3) is 0 Å². The minimum absolute atomic E-state index is 0.0510. The van der Waals surface area contributed by atoms with Gasteiger partial charge in [0.1, 0.15) is 5.75 Å². The van der Waals surface area contributed by atoms with Crippen LogP contribution in [-0.2, 0) is 11.3 Å². The molecule has 2 aliphatic rings. The quantitative estimate of drug-likeness (QED) is 0.448. The highest BCUT2D eigenvalue weighted by Crippen LogP contribution is 2.39. The molecule has 2 atom stereocenters. The SMILES string of the molecule is COc1ccc(-c2nnc(SCC(=O)NCc3ccc4c(c3)OCO4)n2[C@@H]2CCCC[C@@H]2C)cc1. The van der Waals surface area contributed by atoms with Gasteiger partial charge in [-0.2, -0.15) is 0 Å². The lowest BCUT2D eigenvalue weighted by Crippen LogP contribution is -2.25. The molecule has 1 aromatic heterocycles. The Morgan fingerprint density at radius 2 is 1.91 bits per heavy atom. The summed E-state index contributed by atoms with van der Waals surface area (Å²) >= 11 is 1.44. The maximum absolute atomic E-state index is 12.7. The first-order valence-electron chi connectivity index (χ1n) is 12.0. The molecule has 3 aromatic rings. The highest BCUT2D eigenvalue weighted by Gasteiger charge is 2.29. The number of aromatic nitrogens is 3. The normalized spacial score (nSPS) is 18.9. The molecule has 0 unspecified atom stereocenters. The number of nitrogens with one attached hydrogen (secondary N) is 1. The fraction of sp³-hybridized carbons (Fsp3) is 0.423. The highest BCUT2D eigenvalue weighted by molar-refractivity contribution is 7.99. The van der Waals surface area contributed by atoms with E-state index in [1.807, 2.05) is 42.5 Å². The molecule has 0 radical (unpaired) electrons. The van der Waals surface area contributed by atoms with Crippen molar-refractivity contribution in [3.63, 3.8) is 0 Å². The summed E-state index contributed by atoms with van der Waals surface area (Å²) in [5.74, 6) is 3.84. The Hall–Kier alpha value is -3.20. The van der Waals surface area contributed by atoms with Crippen LogP contribution in [0.5, 0.6) is 17.2 Å². The Morgan fingerprint density at radius 1 is 1.11 bits per heavy atom. The number of methoxy groups -OCH3 is 1. The molecule has 2 heterocycles. The van der Waals surface area contributed by atoms with E-state index >= 15 is 0 Å². The van der Waals surface area contributed by atoms with Crippen molar-refractivity contribution in [2.75, 3.05) is 19.7 Å². The van der Waals surface area contributed by atoms with Crippen molar-refractivity contribution in [1.29, 1.82) is 0 Å². The van der Waals surface area contributed by atoms with Gasteiger partial charge in [0.15, 0.2) is 22.5 Å². The smallest absolute Gasteiger partial charge is 0.231 e. The number of fused-ring (bicyclic) bond motifs is 1. The van der Waals surface area contributed by atoms with E-state index in [2.05, 4.69) is 27.0 Å². The van der Waals surface area contributed by atoms with Gasteiger partial charge in [-0.05, 0) is 60.7 Å².